The van der Waals surface area contributed by atoms with Crippen LogP contribution in [-0.2, 0) is 19.5 Å². The Bertz CT molecular complexity index is 658. The van der Waals surface area contributed by atoms with E-state index in [4.69, 9.17) is 0 Å². The van der Waals surface area contributed by atoms with Crippen LogP contribution in [0.15, 0.2) is 24.4 Å². The van der Waals surface area contributed by atoms with Gasteiger partial charge in [-0.15, -0.1) is 5.10 Å². The van der Waals surface area contributed by atoms with E-state index in [1.54, 1.807) is 11.1 Å². The number of nitrogens with zero attached hydrogens (tertiary/aromatic N) is 5. The summed E-state index contributed by atoms with van der Waals surface area (Å²) in [4.78, 5) is 23.2. The van der Waals surface area contributed by atoms with Crippen LogP contribution in [0.4, 0.5) is 10.7 Å². The normalized spacial score (nSPS) is 13.6. The zero-order valence-electron chi connectivity index (χ0n) is 14.3. The molecule has 0 spiro atoms. The lowest BCUT2D eigenvalue weighted by atomic mass is 10.2. The first-order valence-corrected chi connectivity index (χ1v) is 8.51. The molecule has 0 bridgehead atoms. The van der Waals surface area contributed by atoms with Crippen molar-refractivity contribution in [2.45, 2.75) is 46.2 Å². The third-order valence-electron chi connectivity index (χ3n) is 3.94. The topological polar surface area (TPSA) is 75.9 Å². The molecule has 1 N–H and O–H groups in total. The maximum absolute atomic E-state index is 12.7. The Hall–Kier alpha value is -2.44. The molecule has 2 aromatic rings. The number of pyridine rings is 1. The van der Waals surface area contributed by atoms with Gasteiger partial charge in [0.15, 0.2) is 0 Å². The summed E-state index contributed by atoms with van der Waals surface area (Å²) in [7, 11) is 0. The van der Waals surface area contributed by atoms with E-state index in [1.165, 1.54) is 0 Å². The van der Waals surface area contributed by atoms with E-state index in [1.807, 2.05) is 22.9 Å². The molecule has 0 radical (unpaired) electrons. The minimum atomic E-state index is -0.183. The van der Waals surface area contributed by atoms with E-state index in [9.17, 15) is 4.79 Å². The van der Waals surface area contributed by atoms with Crippen LogP contribution in [0.1, 0.15) is 38.2 Å². The van der Waals surface area contributed by atoms with Crippen molar-refractivity contribution < 1.29 is 4.79 Å². The van der Waals surface area contributed by atoms with E-state index < -0.39 is 0 Å². The Morgan fingerprint density at radius 3 is 2.96 bits per heavy atom. The smallest absolute Gasteiger partial charge is 0.318 e. The van der Waals surface area contributed by atoms with Crippen LogP contribution in [0.3, 0.4) is 0 Å². The van der Waals surface area contributed by atoms with Crippen LogP contribution >= 0.6 is 0 Å². The van der Waals surface area contributed by atoms with E-state index >= 15 is 0 Å². The van der Waals surface area contributed by atoms with Crippen LogP contribution < -0.4 is 5.32 Å². The second-order valence-electron chi connectivity index (χ2n) is 6.56. The molecule has 7 heteroatoms. The molecule has 24 heavy (non-hydrogen) atoms. The van der Waals surface area contributed by atoms with Crippen molar-refractivity contribution >= 4 is 12.0 Å². The van der Waals surface area contributed by atoms with E-state index in [0.717, 1.165) is 37.3 Å². The first kappa shape index (κ1) is 16.4. The second-order valence-corrected chi connectivity index (χ2v) is 6.56. The molecule has 0 saturated heterocycles. The minimum absolute atomic E-state index is 0.183. The second kappa shape index (κ2) is 7.42. The largest absolute Gasteiger partial charge is 0.324 e. The molecule has 0 aliphatic carbocycles. The summed E-state index contributed by atoms with van der Waals surface area (Å²) in [6.45, 7) is 6.18. The van der Waals surface area contributed by atoms with Crippen molar-refractivity contribution in [2.75, 3.05) is 11.9 Å². The van der Waals surface area contributed by atoms with Gasteiger partial charge in [0.05, 0.1) is 12.2 Å². The molecular weight excluding hydrogens is 304 g/mol. The van der Waals surface area contributed by atoms with Crippen LogP contribution in [0.2, 0.25) is 0 Å². The van der Waals surface area contributed by atoms with Gasteiger partial charge in [-0.05, 0) is 30.9 Å². The summed E-state index contributed by atoms with van der Waals surface area (Å²) in [5, 5.41) is 7.23. The van der Waals surface area contributed by atoms with Crippen molar-refractivity contribution in [3.63, 3.8) is 0 Å². The van der Waals surface area contributed by atoms with Gasteiger partial charge in [-0.3, -0.25) is 10.3 Å². The first-order valence-electron chi connectivity index (χ1n) is 8.51. The molecule has 0 unspecified atom stereocenters. The fourth-order valence-corrected chi connectivity index (χ4v) is 2.86. The molecule has 128 valence electrons. The first-order chi connectivity index (χ1) is 11.6. The number of anilines is 1. The fourth-order valence-electron chi connectivity index (χ4n) is 2.86. The van der Waals surface area contributed by atoms with Gasteiger partial charge in [0.2, 0.25) is 5.95 Å². The summed E-state index contributed by atoms with van der Waals surface area (Å²) in [6.07, 6.45) is 4.91. The number of hydrogen-bond donors (Lipinski definition) is 1. The van der Waals surface area contributed by atoms with Crippen LogP contribution in [0, 0.1) is 5.92 Å². The maximum Gasteiger partial charge on any atom is 0.324 e. The molecule has 0 aromatic carbocycles. The number of hydrogen-bond acceptors (Lipinski definition) is 4. The van der Waals surface area contributed by atoms with Gasteiger partial charge in [-0.2, -0.15) is 4.98 Å². The van der Waals surface area contributed by atoms with Crippen LogP contribution in [-0.4, -0.2) is 37.2 Å². The van der Waals surface area contributed by atoms with E-state index in [2.05, 4.69) is 34.2 Å². The monoisotopic (exact) mass is 328 g/mol. The standard InChI is InChI=1S/C17H24N6O/c1-13(2)11-22(12-14-7-3-5-9-18-14)17(24)20-16-19-15-8-4-6-10-23(15)21-16/h3,5,7,9,13H,4,6,8,10-12H2,1-2H3,(H,20,21,24). The Kier molecular flexibility index (Phi) is 5.08. The lowest BCUT2D eigenvalue weighted by Crippen LogP contribution is -2.37. The Morgan fingerprint density at radius 1 is 1.38 bits per heavy atom. The maximum atomic E-state index is 12.7. The van der Waals surface area contributed by atoms with Crippen molar-refractivity contribution in [2.24, 2.45) is 5.92 Å². The lowest BCUT2D eigenvalue weighted by molar-refractivity contribution is 0.200. The summed E-state index contributed by atoms with van der Waals surface area (Å²) in [6, 6.07) is 5.54. The van der Waals surface area contributed by atoms with Gasteiger partial charge < -0.3 is 4.90 Å². The predicted octanol–water partition coefficient (Wildman–Crippen LogP) is 2.70. The van der Waals surface area contributed by atoms with Gasteiger partial charge in [0.25, 0.3) is 0 Å². The average molecular weight is 328 g/mol. The highest BCUT2D eigenvalue weighted by Crippen LogP contribution is 2.15. The van der Waals surface area contributed by atoms with Crippen molar-refractivity contribution in [3.05, 3.63) is 35.9 Å². The SMILES string of the molecule is CC(C)CN(Cc1ccccn1)C(=O)Nc1nc2n(n1)CCCC2. The highest BCUT2D eigenvalue weighted by atomic mass is 16.2. The molecular formula is C17H24N6O. The van der Waals surface area contributed by atoms with Crippen LogP contribution in [0.5, 0.6) is 0 Å². The highest BCUT2D eigenvalue weighted by Gasteiger charge is 2.20. The Balaban J connectivity index is 1.69. The Labute approximate surface area is 142 Å². The molecule has 0 atom stereocenters. The van der Waals surface area contributed by atoms with E-state index in [0.29, 0.717) is 25.0 Å². The summed E-state index contributed by atoms with van der Waals surface area (Å²) >= 11 is 0. The third kappa shape index (κ3) is 4.10. The molecule has 0 fully saturated rings. The summed E-state index contributed by atoms with van der Waals surface area (Å²) in [5.41, 5.74) is 0.866. The summed E-state index contributed by atoms with van der Waals surface area (Å²) < 4.78 is 1.89. The predicted molar refractivity (Wildman–Crippen MR) is 91.5 cm³/mol. The lowest BCUT2D eigenvalue weighted by Gasteiger charge is -2.23. The van der Waals surface area contributed by atoms with E-state index in [-0.39, 0.29) is 6.03 Å². The molecule has 3 rings (SSSR count). The number of nitrogens with one attached hydrogen (secondary N) is 1. The highest BCUT2D eigenvalue weighted by molar-refractivity contribution is 5.87. The number of aryl methyl sites for hydroxylation is 2. The molecule has 0 saturated carbocycles. The summed E-state index contributed by atoms with van der Waals surface area (Å²) in [5.74, 6) is 1.71. The van der Waals surface area contributed by atoms with Gasteiger partial charge in [-0.1, -0.05) is 19.9 Å². The molecule has 1 aliphatic heterocycles. The fraction of sp³-hybridized carbons (Fsp3) is 0.529. The van der Waals surface area contributed by atoms with Gasteiger partial charge in [0.1, 0.15) is 5.82 Å². The average Bonchev–Trinajstić information content (AvgIpc) is 2.97. The zero-order chi connectivity index (χ0) is 16.9. The minimum Gasteiger partial charge on any atom is -0.318 e. The number of urea groups is 1. The number of rotatable bonds is 5. The van der Waals surface area contributed by atoms with Crippen molar-refractivity contribution in [3.8, 4) is 0 Å². The molecule has 2 aromatic heterocycles. The molecule has 7 nitrogen and oxygen atoms in total. The molecule has 3 heterocycles. The quantitative estimate of drug-likeness (QED) is 0.915. The molecule has 2 amide bonds. The number of amides is 2. The third-order valence-corrected chi connectivity index (χ3v) is 3.94. The number of aromatic nitrogens is 4. The van der Waals surface area contributed by atoms with Gasteiger partial charge >= 0.3 is 6.03 Å². The van der Waals surface area contributed by atoms with Crippen LogP contribution in [0.25, 0.3) is 0 Å². The van der Waals surface area contributed by atoms with Crippen molar-refractivity contribution in [1.82, 2.24) is 24.6 Å². The molecule has 1 aliphatic rings. The number of fused-ring (bicyclic) bond motifs is 1. The van der Waals surface area contributed by atoms with Crippen molar-refractivity contribution in [1.29, 1.82) is 0 Å². The van der Waals surface area contributed by atoms with Gasteiger partial charge in [-0.25, -0.2) is 9.48 Å². The Morgan fingerprint density at radius 2 is 2.25 bits per heavy atom. The zero-order valence-corrected chi connectivity index (χ0v) is 14.3. The number of carbonyl (C=O) groups excluding carboxylic acids is 1. The number of carbonyl (C=O) groups is 1. The van der Waals surface area contributed by atoms with Gasteiger partial charge in [0, 0.05) is 25.7 Å².